The number of hydrogen-bond donors (Lipinski definition) is 0. The molecule has 1 saturated carbocycles. The van der Waals surface area contributed by atoms with Crippen LogP contribution in [-0.2, 0) is 21.4 Å². The number of hydrogen-bond acceptors (Lipinski definition) is 4. The molecule has 0 spiro atoms. The van der Waals surface area contributed by atoms with Crippen LogP contribution in [0.25, 0.3) is 5.52 Å². The zero-order valence-corrected chi connectivity index (χ0v) is 19.4. The molecular weight excluding hydrogens is 414 g/mol. The minimum atomic E-state index is -0.440. The molecule has 6 heteroatoms. The van der Waals surface area contributed by atoms with Gasteiger partial charge in [-0.3, -0.25) is 4.79 Å². The van der Waals surface area contributed by atoms with E-state index < -0.39 is 5.41 Å². The van der Waals surface area contributed by atoms with Gasteiger partial charge < -0.3 is 14.4 Å². The fourth-order valence-corrected chi connectivity index (χ4v) is 5.68. The van der Waals surface area contributed by atoms with Crippen LogP contribution in [0.15, 0.2) is 54.9 Å². The van der Waals surface area contributed by atoms with Crippen molar-refractivity contribution < 1.29 is 14.3 Å². The van der Waals surface area contributed by atoms with Gasteiger partial charge in [-0.1, -0.05) is 37.5 Å². The lowest BCUT2D eigenvalue weighted by molar-refractivity contribution is -0.139. The lowest BCUT2D eigenvalue weighted by Crippen LogP contribution is -2.50. The first-order chi connectivity index (χ1) is 16.2. The molecule has 0 radical (unpaired) electrons. The summed E-state index contributed by atoms with van der Waals surface area (Å²) in [5, 5.41) is 4.36. The van der Waals surface area contributed by atoms with Crippen LogP contribution >= 0.6 is 0 Å². The Labute approximate surface area is 195 Å². The van der Waals surface area contributed by atoms with Gasteiger partial charge in [0.2, 0.25) is 5.91 Å². The number of amides is 1. The van der Waals surface area contributed by atoms with Crippen LogP contribution in [0.1, 0.15) is 43.2 Å². The molecule has 0 bridgehead atoms. The van der Waals surface area contributed by atoms with Crippen molar-refractivity contribution in [1.29, 1.82) is 0 Å². The molecule has 1 aromatic carbocycles. The Kier molecular flexibility index (Phi) is 6.36. The van der Waals surface area contributed by atoms with E-state index in [-0.39, 0.29) is 11.8 Å². The van der Waals surface area contributed by atoms with Crippen molar-refractivity contribution in [3.05, 3.63) is 66.0 Å². The van der Waals surface area contributed by atoms with Gasteiger partial charge in [0.1, 0.15) is 5.75 Å². The van der Waals surface area contributed by atoms with Crippen LogP contribution < -0.4 is 4.74 Å². The van der Waals surface area contributed by atoms with Crippen molar-refractivity contribution in [3.63, 3.8) is 0 Å². The monoisotopic (exact) mass is 447 g/mol. The van der Waals surface area contributed by atoms with E-state index in [1.165, 1.54) is 12.0 Å². The van der Waals surface area contributed by atoms with Crippen molar-refractivity contribution in [2.45, 2.75) is 43.9 Å². The van der Waals surface area contributed by atoms with Crippen LogP contribution in [0.3, 0.4) is 0 Å². The van der Waals surface area contributed by atoms with Gasteiger partial charge in [-0.25, -0.2) is 4.52 Å². The molecule has 6 nitrogen and oxygen atoms in total. The molecule has 0 N–H and O–H groups in total. The van der Waals surface area contributed by atoms with E-state index in [0.717, 1.165) is 55.5 Å². The van der Waals surface area contributed by atoms with Gasteiger partial charge in [-0.15, -0.1) is 0 Å². The van der Waals surface area contributed by atoms with E-state index in [9.17, 15) is 4.79 Å². The van der Waals surface area contributed by atoms with Gasteiger partial charge in [0.15, 0.2) is 0 Å². The summed E-state index contributed by atoms with van der Waals surface area (Å²) in [6.07, 6.45) is 9.88. The molecule has 2 aliphatic rings. The van der Waals surface area contributed by atoms with E-state index in [1.807, 2.05) is 35.1 Å². The number of pyridine rings is 1. The zero-order valence-electron chi connectivity index (χ0n) is 19.4. The van der Waals surface area contributed by atoms with Gasteiger partial charge in [0.05, 0.1) is 31.3 Å². The normalized spacial score (nSPS) is 21.0. The fourth-order valence-electron chi connectivity index (χ4n) is 5.68. The maximum absolute atomic E-state index is 14.2. The zero-order chi connectivity index (χ0) is 22.7. The van der Waals surface area contributed by atoms with Crippen molar-refractivity contribution in [2.24, 2.45) is 5.92 Å². The molecular formula is C27H33N3O3. The van der Waals surface area contributed by atoms with Gasteiger partial charge in [-0.2, -0.15) is 5.10 Å². The van der Waals surface area contributed by atoms with E-state index in [2.05, 4.69) is 34.3 Å². The Morgan fingerprint density at radius 3 is 2.76 bits per heavy atom. The van der Waals surface area contributed by atoms with Crippen LogP contribution in [0.4, 0.5) is 0 Å². The number of carbonyl (C=O) groups is 1. The first-order valence-corrected chi connectivity index (χ1v) is 12.1. The van der Waals surface area contributed by atoms with Gasteiger partial charge in [-0.05, 0) is 54.7 Å². The van der Waals surface area contributed by atoms with Crippen molar-refractivity contribution in [3.8, 4) is 5.75 Å². The summed E-state index contributed by atoms with van der Waals surface area (Å²) in [6, 6.07) is 14.4. The minimum Gasteiger partial charge on any atom is -0.497 e. The summed E-state index contributed by atoms with van der Waals surface area (Å²) < 4.78 is 13.2. The highest BCUT2D eigenvalue weighted by Crippen LogP contribution is 2.42. The summed E-state index contributed by atoms with van der Waals surface area (Å²) in [4.78, 5) is 16.3. The summed E-state index contributed by atoms with van der Waals surface area (Å²) in [7, 11) is 1.68. The maximum Gasteiger partial charge on any atom is 0.233 e. The van der Waals surface area contributed by atoms with Crippen LogP contribution in [0.2, 0.25) is 0 Å². The largest absolute Gasteiger partial charge is 0.497 e. The van der Waals surface area contributed by atoms with Gasteiger partial charge in [0.25, 0.3) is 0 Å². The van der Waals surface area contributed by atoms with Crippen LogP contribution in [0.5, 0.6) is 5.75 Å². The molecule has 1 amide bonds. The average Bonchev–Trinajstić information content (AvgIpc) is 3.24. The quantitative estimate of drug-likeness (QED) is 0.586. The number of nitrogens with zero attached hydrogens (tertiary/aromatic N) is 3. The first kappa shape index (κ1) is 22.0. The molecule has 3 aromatic rings. The Bertz CT molecular complexity index is 1090. The molecule has 3 heterocycles. The molecule has 1 aliphatic heterocycles. The van der Waals surface area contributed by atoms with E-state index in [1.54, 1.807) is 7.11 Å². The molecule has 1 atom stereocenters. The molecule has 33 heavy (non-hydrogen) atoms. The van der Waals surface area contributed by atoms with E-state index >= 15 is 0 Å². The van der Waals surface area contributed by atoms with Gasteiger partial charge in [0, 0.05) is 31.4 Å². The third-order valence-corrected chi connectivity index (χ3v) is 7.42. The predicted octanol–water partition coefficient (Wildman–Crippen LogP) is 4.26. The summed E-state index contributed by atoms with van der Waals surface area (Å²) in [5.41, 5.74) is 3.06. The number of rotatable bonds is 5. The first-order valence-electron chi connectivity index (χ1n) is 12.1. The Morgan fingerprint density at radius 1 is 1.15 bits per heavy atom. The highest BCUT2D eigenvalue weighted by molar-refractivity contribution is 5.88. The maximum atomic E-state index is 14.2. The predicted molar refractivity (Wildman–Crippen MR) is 128 cm³/mol. The number of ether oxygens (including phenoxy) is 2. The van der Waals surface area contributed by atoms with Crippen molar-refractivity contribution >= 4 is 11.4 Å². The third-order valence-electron chi connectivity index (χ3n) is 7.42. The van der Waals surface area contributed by atoms with Crippen LogP contribution in [0, 0.1) is 5.92 Å². The number of aromatic nitrogens is 2. The topological polar surface area (TPSA) is 56.1 Å². The Hall–Kier alpha value is -2.86. The second-order valence-corrected chi connectivity index (χ2v) is 9.46. The van der Waals surface area contributed by atoms with Crippen LogP contribution in [-0.4, -0.2) is 53.8 Å². The third kappa shape index (κ3) is 4.36. The number of carbonyl (C=O) groups excluding carboxylic acids is 1. The highest BCUT2D eigenvalue weighted by atomic mass is 16.5. The SMILES string of the molecule is COc1ccc(C2(C(=O)N3CCOCC(Cc4cccn5nccc45)C3)CCCCC2)cc1. The number of fused-ring (bicyclic) bond motifs is 1. The summed E-state index contributed by atoms with van der Waals surface area (Å²) in [5.74, 6) is 1.36. The lowest BCUT2D eigenvalue weighted by atomic mass is 9.68. The summed E-state index contributed by atoms with van der Waals surface area (Å²) in [6.45, 7) is 2.66. The summed E-state index contributed by atoms with van der Waals surface area (Å²) >= 11 is 0. The molecule has 1 aliphatic carbocycles. The van der Waals surface area contributed by atoms with Gasteiger partial charge >= 0.3 is 0 Å². The highest BCUT2D eigenvalue weighted by Gasteiger charge is 2.44. The number of benzene rings is 1. The standard InChI is InChI=1S/C27H33N3O3/c1-32-24-9-7-23(8-10-24)27(12-3-2-4-13-27)26(31)29-16-17-33-20-21(19-29)18-22-6-5-15-30-25(22)11-14-28-30/h5-11,14-15,21H,2-4,12-13,16-20H2,1H3. The second kappa shape index (κ2) is 9.56. The van der Waals surface area contributed by atoms with Crippen molar-refractivity contribution in [1.82, 2.24) is 14.5 Å². The van der Waals surface area contributed by atoms with E-state index in [4.69, 9.17) is 9.47 Å². The van der Waals surface area contributed by atoms with Crippen molar-refractivity contribution in [2.75, 3.05) is 33.4 Å². The molecule has 174 valence electrons. The molecule has 2 fully saturated rings. The Balaban J connectivity index is 1.39. The Morgan fingerprint density at radius 2 is 1.97 bits per heavy atom. The molecule has 1 unspecified atom stereocenters. The minimum absolute atomic E-state index is 0.258. The number of methoxy groups -OCH3 is 1. The lowest BCUT2D eigenvalue weighted by Gasteiger charge is -2.40. The molecule has 2 aromatic heterocycles. The van der Waals surface area contributed by atoms with E-state index in [0.29, 0.717) is 19.8 Å². The fraction of sp³-hybridized carbons (Fsp3) is 0.481. The molecule has 1 saturated heterocycles. The molecule has 5 rings (SSSR count). The second-order valence-electron chi connectivity index (χ2n) is 9.46. The smallest absolute Gasteiger partial charge is 0.233 e. The average molecular weight is 448 g/mol.